The largest absolute Gasteiger partial charge is 0.418 e. The zero-order valence-corrected chi connectivity index (χ0v) is 20.1. The molecule has 0 spiro atoms. The number of halogens is 5. The number of hydrogen-bond acceptors (Lipinski definition) is 8. The molecule has 4 aromatic rings. The van der Waals surface area contributed by atoms with Crippen LogP contribution >= 0.6 is 22.9 Å². The maximum absolute atomic E-state index is 14.0. The minimum absolute atomic E-state index is 0.0380. The van der Waals surface area contributed by atoms with Gasteiger partial charge in [0.25, 0.3) is 11.8 Å². The molecule has 4 heterocycles. The molecule has 9 nitrogen and oxygen atoms in total. The lowest BCUT2D eigenvalue weighted by molar-refractivity contribution is -0.137. The Morgan fingerprint density at radius 3 is 2.57 bits per heavy atom. The van der Waals surface area contributed by atoms with E-state index in [1.165, 1.54) is 30.6 Å². The summed E-state index contributed by atoms with van der Waals surface area (Å²) < 4.78 is 53.1. The molecule has 1 atom stereocenters. The van der Waals surface area contributed by atoms with Gasteiger partial charge in [-0.25, -0.2) is 24.9 Å². The van der Waals surface area contributed by atoms with Crippen molar-refractivity contribution < 1.29 is 27.2 Å². The van der Waals surface area contributed by atoms with E-state index in [2.05, 4.69) is 35.6 Å². The molecule has 0 aromatic carbocycles. The quantitative estimate of drug-likeness (QED) is 0.257. The van der Waals surface area contributed by atoms with Crippen LogP contribution in [0.5, 0.6) is 0 Å². The zero-order valence-electron chi connectivity index (χ0n) is 18.5. The van der Waals surface area contributed by atoms with Gasteiger partial charge in [-0.2, -0.15) is 17.6 Å². The summed E-state index contributed by atoms with van der Waals surface area (Å²) >= 11 is 6.46. The molecule has 1 unspecified atom stereocenters. The zero-order chi connectivity index (χ0) is 26.7. The average Bonchev–Trinajstić information content (AvgIpc) is 3.36. The third-order valence-corrected chi connectivity index (χ3v) is 6.28. The Morgan fingerprint density at radius 1 is 1.05 bits per heavy atom. The van der Waals surface area contributed by atoms with Crippen LogP contribution in [0.3, 0.4) is 0 Å². The second-order valence-electron chi connectivity index (χ2n) is 7.39. The number of nitrogens with zero attached hydrogens (tertiary/aromatic N) is 5. The molecule has 0 radical (unpaired) electrons. The van der Waals surface area contributed by atoms with E-state index in [0.29, 0.717) is 11.1 Å². The van der Waals surface area contributed by atoms with Gasteiger partial charge < -0.3 is 10.6 Å². The molecule has 0 bridgehead atoms. The predicted octanol–water partition coefficient (Wildman–Crippen LogP) is 4.94. The van der Waals surface area contributed by atoms with Crippen molar-refractivity contribution in [1.82, 2.24) is 30.2 Å². The van der Waals surface area contributed by atoms with Crippen LogP contribution in [0.2, 0.25) is 5.02 Å². The lowest BCUT2D eigenvalue weighted by Crippen LogP contribution is -2.27. The van der Waals surface area contributed by atoms with Gasteiger partial charge in [0, 0.05) is 12.4 Å². The molecule has 2 amide bonds. The van der Waals surface area contributed by atoms with Crippen molar-refractivity contribution in [2.45, 2.75) is 19.1 Å². The van der Waals surface area contributed by atoms with Gasteiger partial charge in [0.15, 0.2) is 0 Å². The van der Waals surface area contributed by atoms with Crippen LogP contribution in [0.25, 0.3) is 11.3 Å². The number of rotatable bonds is 6. The van der Waals surface area contributed by atoms with Crippen molar-refractivity contribution in [2.75, 3.05) is 5.32 Å². The average molecular weight is 552 g/mol. The van der Waals surface area contributed by atoms with Gasteiger partial charge >= 0.3 is 6.18 Å². The molecular weight excluding hydrogens is 538 g/mol. The van der Waals surface area contributed by atoms with Crippen molar-refractivity contribution in [1.29, 1.82) is 0 Å². The van der Waals surface area contributed by atoms with Gasteiger partial charge in [-0.05, 0) is 31.2 Å². The summed E-state index contributed by atoms with van der Waals surface area (Å²) in [6.45, 7) is 1.61. The van der Waals surface area contributed by atoms with E-state index in [0.717, 1.165) is 23.9 Å². The summed E-state index contributed by atoms with van der Waals surface area (Å²) in [6.07, 6.45) is -0.323. The number of hydrogen-bond donors (Lipinski definition) is 2. The van der Waals surface area contributed by atoms with Crippen LogP contribution in [0.15, 0.2) is 49.2 Å². The predicted molar refractivity (Wildman–Crippen MR) is 125 cm³/mol. The molecule has 0 aliphatic carbocycles. The third-order valence-electron chi connectivity index (χ3n) is 4.80. The number of pyridine rings is 2. The van der Waals surface area contributed by atoms with E-state index >= 15 is 0 Å². The van der Waals surface area contributed by atoms with E-state index in [-0.39, 0.29) is 27.6 Å². The maximum Gasteiger partial charge on any atom is 0.418 e. The molecule has 4 aromatic heterocycles. The molecule has 190 valence electrons. The Kier molecular flexibility index (Phi) is 7.40. The molecule has 37 heavy (non-hydrogen) atoms. The molecule has 0 aliphatic rings. The fourth-order valence-electron chi connectivity index (χ4n) is 3.03. The standard InChI is InChI=1S/C22H14ClF4N7O2S/c1-10(33-19(35)15-6-14(31-9-32-15)11-3-2-4-28-18(11)24)21-30-8-16(37-21)20(36)34-17-5-12(22(25,26)27)13(23)7-29-17/h2-10H,1H3,(H,33,35)(H,29,34,36). The lowest BCUT2D eigenvalue weighted by atomic mass is 10.1. The van der Waals surface area contributed by atoms with Gasteiger partial charge in [-0.15, -0.1) is 11.3 Å². The monoisotopic (exact) mass is 551 g/mol. The fourth-order valence-corrected chi connectivity index (χ4v) is 4.06. The number of anilines is 1. The Bertz CT molecular complexity index is 1480. The molecule has 0 aliphatic heterocycles. The highest BCUT2D eigenvalue weighted by atomic mass is 35.5. The minimum Gasteiger partial charge on any atom is -0.342 e. The van der Waals surface area contributed by atoms with Crippen LogP contribution in [0.4, 0.5) is 23.4 Å². The van der Waals surface area contributed by atoms with E-state index in [1.54, 1.807) is 6.92 Å². The number of thiazole rings is 1. The molecule has 4 rings (SSSR count). The van der Waals surface area contributed by atoms with E-state index in [4.69, 9.17) is 11.6 Å². The second kappa shape index (κ2) is 10.5. The molecule has 0 fully saturated rings. The van der Waals surface area contributed by atoms with E-state index in [9.17, 15) is 27.2 Å². The summed E-state index contributed by atoms with van der Waals surface area (Å²) in [5.41, 5.74) is -0.917. The highest BCUT2D eigenvalue weighted by Gasteiger charge is 2.34. The first kappa shape index (κ1) is 26.0. The smallest absolute Gasteiger partial charge is 0.342 e. The van der Waals surface area contributed by atoms with Crippen LogP contribution in [-0.4, -0.2) is 36.7 Å². The first-order chi connectivity index (χ1) is 17.5. The van der Waals surface area contributed by atoms with Crippen LogP contribution in [0.1, 0.15) is 43.7 Å². The van der Waals surface area contributed by atoms with Crippen molar-refractivity contribution >= 4 is 40.6 Å². The van der Waals surface area contributed by atoms with Crippen molar-refractivity contribution in [3.8, 4) is 11.3 Å². The number of aromatic nitrogens is 5. The Morgan fingerprint density at radius 2 is 1.84 bits per heavy atom. The van der Waals surface area contributed by atoms with Gasteiger partial charge in [0.2, 0.25) is 5.95 Å². The summed E-state index contributed by atoms with van der Waals surface area (Å²) in [5.74, 6) is -2.45. The fraction of sp³-hybridized carbons (Fsp3) is 0.136. The Balaban J connectivity index is 1.44. The van der Waals surface area contributed by atoms with Gasteiger partial charge in [0.1, 0.15) is 27.7 Å². The number of amides is 2. The summed E-state index contributed by atoms with van der Waals surface area (Å²) in [7, 11) is 0. The molecule has 0 saturated carbocycles. The van der Waals surface area contributed by atoms with Crippen molar-refractivity contribution in [3.63, 3.8) is 0 Å². The highest BCUT2D eigenvalue weighted by molar-refractivity contribution is 7.13. The normalized spacial score (nSPS) is 12.2. The maximum atomic E-state index is 14.0. The van der Waals surface area contributed by atoms with Crippen LogP contribution in [-0.2, 0) is 6.18 Å². The molecule has 15 heteroatoms. The minimum atomic E-state index is -4.72. The SMILES string of the molecule is CC(NC(=O)c1cc(-c2cccnc2F)ncn1)c1ncc(C(=O)Nc2cc(C(F)(F)F)c(Cl)cn2)s1. The second-order valence-corrected chi connectivity index (χ2v) is 8.86. The summed E-state index contributed by atoms with van der Waals surface area (Å²) in [6, 6.07) is 4.24. The molecule has 0 saturated heterocycles. The Labute approximate surface area is 215 Å². The van der Waals surface area contributed by atoms with Gasteiger partial charge in [0.05, 0.1) is 34.1 Å². The molecular formula is C22H14ClF4N7O2S. The molecule has 2 N–H and O–H groups in total. The third kappa shape index (κ3) is 6.03. The summed E-state index contributed by atoms with van der Waals surface area (Å²) in [4.78, 5) is 44.5. The van der Waals surface area contributed by atoms with E-state index < -0.39 is 40.6 Å². The number of carbonyl (C=O) groups excluding carboxylic acids is 2. The van der Waals surface area contributed by atoms with E-state index in [1.807, 2.05) is 0 Å². The first-order valence-corrected chi connectivity index (χ1v) is 11.5. The van der Waals surface area contributed by atoms with Crippen LogP contribution in [0, 0.1) is 5.95 Å². The number of nitrogens with one attached hydrogen (secondary N) is 2. The van der Waals surface area contributed by atoms with Crippen LogP contribution < -0.4 is 10.6 Å². The number of alkyl halides is 3. The van der Waals surface area contributed by atoms with Gasteiger partial charge in [-0.3, -0.25) is 9.59 Å². The Hall–Kier alpha value is -4.04. The topological polar surface area (TPSA) is 123 Å². The highest BCUT2D eigenvalue weighted by Crippen LogP contribution is 2.35. The summed E-state index contributed by atoms with van der Waals surface area (Å²) in [5, 5.41) is 4.67. The lowest BCUT2D eigenvalue weighted by Gasteiger charge is -2.11. The number of carbonyl (C=O) groups is 2. The first-order valence-electron chi connectivity index (χ1n) is 10.3. The van der Waals surface area contributed by atoms with Gasteiger partial charge in [-0.1, -0.05) is 11.6 Å². The van der Waals surface area contributed by atoms with Crippen molar-refractivity contribution in [2.24, 2.45) is 0 Å². The van der Waals surface area contributed by atoms with Crippen molar-refractivity contribution in [3.05, 3.63) is 81.3 Å².